The van der Waals surface area contributed by atoms with Gasteiger partial charge in [-0.1, -0.05) is 40.5 Å². The van der Waals surface area contributed by atoms with Gasteiger partial charge in [-0.25, -0.2) is 0 Å². The molecule has 0 radical (unpaired) electrons. The zero-order valence-electron chi connectivity index (χ0n) is 12.0. The zero-order valence-corrected chi connectivity index (χ0v) is 14.4. The lowest BCUT2D eigenvalue weighted by Gasteiger charge is -2.42. The molecule has 1 heterocycles. The van der Waals surface area contributed by atoms with Crippen LogP contribution in [0.4, 0.5) is 0 Å². The molecule has 0 aromatic heterocycles. The Morgan fingerprint density at radius 1 is 1.50 bits per heavy atom. The van der Waals surface area contributed by atoms with Gasteiger partial charge in [0.25, 0.3) is 0 Å². The summed E-state index contributed by atoms with van der Waals surface area (Å²) in [6.45, 7) is 5.93. The number of rotatable bonds is 5. The van der Waals surface area contributed by atoms with E-state index in [1.807, 2.05) is 19.2 Å². The van der Waals surface area contributed by atoms with E-state index in [-0.39, 0.29) is 12.1 Å². The summed E-state index contributed by atoms with van der Waals surface area (Å²) in [7, 11) is 1.97. The van der Waals surface area contributed by atoms with Gasteiger partial charge in [-0.05, 0) is 37.7 Å². The predicted octanol–water partition coefficient (Wildman–Crippen LogP) is 3.47. The molecule has 0 spiro atoms. The summed E-state index contributed by atoms with van der Waals surface area (Å²) < 4.78 is 7.05. The highest BCUT2D eigenvalue weighted by atomic mass is 79.9. The average molecular weight is 362 g/mol. The van der Waals surface area contributed by atoms with Crippen molar-refractivity contribution in [1.82, 2.24) is 10.2 Å². The molecule has 0 saturated carbocycles. The topological polar surface area (TPSA) is 24.5 Å². The first-order valence-electron chi connectivity index (χ1n) is 7.12. The molecule has 1 N–H and O–H groups in total. The SMILES string of the molecule is CCCN1CCOC(CNC)C1c1ccc(Cl)cc1Br. The van der Waals surface area contributed by atoms with Gasteiger partial charge in [-0.15, -0.1) is 0 Å². The predicted molar refractivity (Wildman–Crippen MR) is 87.4 cm³/mol. The van der Waals surface area contributed by atoms with E-state index in [2.05, 4.69) is 39.1 Å². The fourth-order valence-electron chi connectivity index (χ4n) is 2.83. The van der Waals surface area contributed by atoms with Crippen molar-refractivity contribution >= 4 is 27.5 Å². The van der Waals surface area contributed by atoms with Crippen LogP contribution in [0.15, 0.2) is 22.7 Å². The van der Waals surface area contributed by atoms with Crippen molar-refractivity contribution < 1.29 is 4.74 Å². The first-order chi connectivity index (χ1) is 9.67. The largest absolute Gasteiger partial charge is 0.374 e. The minimum Gasteiger partial charge on any atom is -0.374 e. The molecule has 1 saturated heterocycles. The Bertz CT molecular complexity index is 426. The lowest BCUT2D eigenvalue weighted by molar-refractivity contribution is -0.0706. The molecule has 1 aliphatic heterocycles. The number of nitrogens with zero attached hydrogens (tertiary/aromatic N) is 1. The fraction of sp³-hybridized carbons (Fsp3) is 0.600. The molecule has 1 aromatic rings. The van der Waals surface area contributed by atoms with Crippen molar-refractivity contribution in [2.75, 3.05) is 33.3 Å². The van der Waals surface area contributed by atoms with Crippen LogP contribution in [0.1, 0.15) is 24.9 Å². The average Bonchev–Trinajstić information content (AvgIpc) is 2.41. The normalized spacial score (nSPS) is 24.0. The fourth-order valence-corrected chi connectivity index (χ4v) is 3.75. The van der Waals surface area contributed by atoms with Crippen LogP contribution in [0.2, 0.25) is 5.02 Å². The molecule has 1 aromatic carbocycles. The van der Waals surface area contributed by atoms with E-state index in [0.717, 1.165) is 42.2 Å². The molecule has 2 atom stereocenters. The van der Waals surface area contributed by atoms with Crippen LogP contribution in [-0.2, 0) is 4.74 Å². The van der Waals surface area contributed by atoms with Gasteiger partial charge in [-0.3, -0.25) is 4.90 Å². The monoisotopic (exact) mass is 360 g/mol. The Balaban J connectivity index is 2.32. The first-order valence-corrected chi connectivity index (χ1v) is 8.29. The maximum Gasteiger partial charge on any atom is 0.0896 e. The second kappa shape index (κ2) is 7.76. The number of morpholine rings is 1. The second-order valence-corrected chi connectivity index (χ2v) is 6.40. The minimum absolute atomic E-state index is 0.165. The maximum absolute atomic E-state index is 6.06. The van der Waals surface area contributed by atoms with Crippen LogP contribution in [-0.4, -0.2) is 44.3 Å². The molecular weight excluding hydrogens is 340 g/mol. The third-order valence-electron chi connectivity index (χ3n) is 3.65. The minimum atomic E-state index is 0.165. The molecule has 20 heavy (non-hydrogen) atoms. The Morgan fingerprint density at radius 2 is 2.30 bits per heavy atom. The molecular formula is C15H22BrClN2O. The van der Waals surface area contributed by atoms with E-state index in [4.69, 9.17) is 16.3 Å². The van der Waals surface area contributed by atoms with Crippen molar-refractivity contribution in [3.8, 4) is 0 Å². The van der Waals surface area contributed by atoms with E-state index >= 15 is 0 Å². The summed E-state index contributed by atoms with van der Waals surface area (Å²) in [4.78, 5) is 2.51. The molecule has 1 aliphatic rings. The van der Waals surface area contributed by atoms with Crippen LogP contribution in [0.3, 0.4) is 0 Å². The number of hydrogen-bond acceptors (Lipinski definition) is 3. The van der Waals surface area contributed by atoms with Crippen LogP contribution in [0.25, 0.3) is 0 Å². The van der Waals surface area contributed by atoms with E-state index in [1.54, 1.807) is 0 Å². The van der Waals surface area contributed by atoms with Gasteiger partial charge in [0.2, 0.25) is 0 Å². The number of benzene rings is 1. The van der Waals surface area contributed by atoms with E-state index in [9.17, 15) is 0 Å². The first kappa shape index (κ1) is 16.2. The number of halogens is 2. The molecule has 112 valence electrons. The molecule has 5 heteroatoms. The highest BCUT2D eigenvalue weighted by Gasteiger charge is 2.33. The van der Waals surface area contributed by atoms with E-state index < -0.39 is 0 Å². The Hall–Kier alpha value is -0.130. The molecule has 2 rings (SSSR count). The Kier molecular flexibility index (Phi) is 6.30. The maximum atomic E-state index is 6.06. The lowest BCUT2D eigenvalue weighted by atomic mass is 9.97. The summed E-state index contributed by atoms with van der Waals surface area (Å²) in [5.41, 5.74) is 1.25. The third kappa shape index (κ3) is 3.74. The van der Waals surface area contributed by atoms with Gasteiger partial charge < -0.3 is 10.1 Å². The smallest absolute Gasteiger partial charge is 0.0896 e. The summed E-state index contributed by atoms with van der Waals surface area (Å²) in [6, 6.07) is 6.29. The summed E-state index contributed by atoms with van der Waals surface area (Å²) in [5.74, 6) is 0. The second-order valence-electron chi connectivity index (χ2n) is 5.11. The number of hydrogen-bond donors (Lipinski definition) is 1. The molecule has 0 bridgehead atoms. The number of ether oxygens (including phenoxy) is 1. The third-order valence-corrected chi connectivity index (χ3v) is 4.58. The molecule has 1 fully saturated rings. The van der Waals surface area contributed by atoms with Crippen molar-refractivity contribution in [2.45, 2.75) is 25.5 Å². The van der Waals surface area contributed by atoms with E-state index in [1.165, 1.54) is 5.56 Å². The standard InChI is InChI=1S/C15H22BrClN2O/c1-3-6-19-7-8-20-14(10-18-2)15(19)12-5-4-11(17)9-13(12)16/h4-5,9,14-15,18H,3,6-8,10H2,1-2H3. The highest BCUT2D eigenvalue weighted by Crippen LogP contribution is 2.35. The Labute approximate surface area is 134 Å². The van der Waals surface area contributed by atoms with Gasteiger partial charge in [0.05, 0.1) is 18.8 Å². The van der Waals surface area contributed by atoms with Crippen LogP contribution in [0, 0.1) is 0 Å². The van der Waals surface area contributed by atoms with Crippen molar-refractivity contribution in [1.29, 1.82) is 0 Å². The van der Waals surface area contributed by atoms with Gasteiger partial charge in [0.15, 0.2) is 0 Å². The Morgan fingerprint density at radius 3 is 2.95 bits per heavy atom. The quantitative estimate of drug-likeness (QED) is 0.869. The molecule has 0 amide bonds. The van der Waals surface area contributed by atoms with Gasteiger partial charge in [-0.2, -0.15) is 0 Å². The van der Waals surface area contributed by atoms with Crippen molar-refractivity contribution in [3.05, 3.63) is 33.3 Å². The van der Waals surface area contributed by atoms with E-state index in [0.29, 0.717) is 0 Å². The number of likely N-dealkylation sites (N-methyl/N-ethyl adjacent to an activating group) is 1. The van der Waals surface area contributed by atoms with Crippen molar-refractivity contribution in [2.24, 2.45) is 0 Å². The summed E-state index contributed by atoms with van der Waals surface area (Å²) >= 11 is 9.72. The number of nitrogens with one attached hydrogen (secondary N) is 1. The molecule has 3 nitrogen and oxygen atoms in total. The summed E-state index contributed by atoms with van der Waals surface area (Å²) in [5, 5.41) is 3.99. The zero-order chi connectivity index (χ0) is 14.5. The van der Waals surface area contributed by atoms with Gasteiger partial charge in [0, 0.05) is 22.6 Å². The summed E-state index contributed by atoms with van der Waals surface area (Å²) in [6.07, 6.45) is 1.31. The highest BCUT2D eigenvalue weighted by molar-refractivity contribution is 9.10. The molecule has 0 aliphatic carbocycles. The lowest BCUT2D eigenvalue weighted by Crippen LogP contribution is -2.49. The van der Waals surface area contributed by atoms with Crippen LogP contribution >= 0.6 is 27.5 Å². The van der Waals surface area contributed by atoms with Crippen LogP contribution < -0.4 is 5.32 Å². The van der Waals surface area contributed by atoms with Crippen LogP contribution in [0.5, 0.6) is 0 Å². The molecule has 2 unspecified atom stereocenters. The van der Waals surface area contributed by atoms with Gasteiger partial charge in [0.1, 0.15) is 0 Å². The van der Waals surface area contributed by atoms with Gasteiger partial charge >= 0.3 is 0 Å². The van der Waals surface area contributed by atoms with Crippen molar-refractivity contribution in [3.63, 3.8) is 0 Å².